The topological polar surface area (TPSA) is 74.7 Å². The van der Waals surface area contributed by atoms with Crippen molar-refractivity contribution in [1.82, 2.24) is 4.31 Å². The second-order valence-electron chi connectivity index (χ2n) is 5.90. The lowest BCUT2D eigenvalue weighted by Crippen LogP contribution is -2.41. The lowest BCUT2D eigenvalue weighted by atomic mass is 9.79. The zero-order chi connectivity index (χ0) is 15.8. The van der Waals surface area contributed by atoms with Gasteiger partial charge in [0.1, 0.15) is 4.88 Å². The van der Waals surface area contributed by atoms with Gasteiger partial charge in [0.05, 0.1) is 4.90 Å². The normalized spacial score (nSPS) is 19.6. The molecule has 0 saturated carbocycles. The molecule has 1 saturated heterocycles. The van der Waals surface area contributed by atoms with Gasteiger partial charge in [-0.2, -0.15) is 4.31 Å². The van der Waals surface area contributed by atoms with Gasteiger partial charge in [-0.25, -0.2) is 13.2 Å². The molecule has 0 bridgehead atoms. The van der Waals surface area contributed by atoms with E-state index in [4.69, 9.17) is 5.11 Å². The van der Waals surface area contributed by atoms with Crippen molar-refractivity contribution in [3.8, 4) is 0 Å². The van der Waals surface area contributed by atoms with Crippen molar-refractivity contribution in [1.29, 1.82) is 0 Å². The van der Waals surface area contributed by atoms with Crippen LogP contribution in [-0.4, -0.2) is 36.9 Å². The summed E-state index contributed by atoms with van der Waals surface area (Å²) in [6, 6.07) is 1.28. The van der Waals surface area contributed by atoms with Crippen LogP contribution in [0.5, 0.6) is 0 Å². The number of hydrogen-bond acceptors (Lipinski definition) is 4. The largest absolute Gasteiger partial charge is 0.477 e. The zero-order valence-corrected chi connectivity index (χ0v) is 14.2. The summed E-state index contributed by atoms with van der Waals surface area (Å²) in [5.41, 5.74) is 0.210. The molecule has 0 unspecified atom stereocenters. The second-order valence-corrected chi connectivity index (χ2v) is 9.07. The van der Waals surface area contributed by atoms with Crippen molar-refractivity contribution < 1.29 is 18.3 Å². The number of aromatic carboxylic acids is 1. The molecule has 118 valence electrons. The van der Waals surface area contributed by atoms with Crippen molar-refractivity contribution in [2.24, 2.45) is 5.41 Å². The standard InChI is InChI=1S/C14H21NO4S2/c1-4-14(3)5-7-15(8-6-14)21(18,19)12-9-11(13(16)17)20-10(12)2/h9H,4-8H2,1-3H3,(H,16,17). The molecule has 1 aromatic heterocycles. The average Bonchev–Trinajstić information content (AvgIpc) is 2.82. The van der Waals surface area contributed by atoms with Crippen molar-refractivity contribution in [3.63, 3.8) is 0 Å². The van der Waals surface area contributed by atoms with Crippen LogP contribution in [-0.2, 0) is 10.0 Å². The van der Waals surface area contributed by atoms with Crippen LogP contribution in [0.2, 0.25) is 0 Å². The Morgan fingerprint density at radius 3 is 2.43 bits per heavy atom. The van der Waals surface area contributed by atoms with Crippen LogP contribution in [0.3, 0.4) is 0 Å². The van der Waals surface area contributed by atoms with Gasteiger partial charge in [0.25, 0.3) is 0 Å². The van der Waals surface area contributed by atoms with E-state index in [1.165, 1.54) is 10.4 Å². The molecule has 0 radical (unpaired) electrons. The summed E-state index contributed by atoms with van der Waals surface area (Å²) in [5.74, 6) is -1.08. The fourth-order valence-corrected chi connectivity index (χ4v) is 5.43. The van der Waals surface area contributed by atoms with Crippen molar-refractivity contribution in [2.45, 2.75) is 44.9 Å². The van der Waals surface area contributed by atoms with Crippen molar-refractivity contribution in [2.75, 3.05) is 13.1 Å². The molecule has 2 heterocycles. The molecular weight excluding hydrogens is 310 g/mol. The van der Waals surface area contributed by atoms with E-state index >= 15 is 0 Å². The van der Waals surface area contributed by atoms with Gasteiger partial charge in [0, 0.05) is 18.0 Å². The van der Waals surface area contributed by atoms with Crippen LogP contribution in [0.25, 0.3) is 0 Å². The highest BCUT2D eigenvalue weighted by Crippen LogP contribution is 2.37. The van der Waals surface area contributed by atoms with Gasteiger partial charge in [0.15, 0.2) is 0 Å². The number of hydrogen-bond donors (Lipinski definition) is 1. The number of nitrogens with zero attached hydrogens (tertiary/aromatic N) is 1. The number of rotatable bonds is 4. The summed E-state index contributed by atoms with van der Waals surface area (Å²) < 4.78 is 26.9. The van der Waals surface area contributed by atoms with E-state index in [9.17, 15) is 13.2 Å². The van der Waals surface area contributed by atoms with Crippen LogP contribution in [0.1, 0.15) is 47.7 Å². The number of aryl methyl sites for hydroxylation is 1. The summed E-state index contributed by atoms with van der Waals surface area (Å²) in [4.78, 5) is 11.7. The molecule has 0 amide bonds. The number of carboxylic acids is 1. The van der Waals surface area contributed by atoms with Crippen LogP contribution in [0, 0.1) is 12.3 Å². The molecule has 2 rings (SSSR count). The molecule has 1 fully saturated rings. The highest BCUT2D eigenvalue weighted by atomic mass is 32.2. The molecule has 1 aliphatic heterocycles. The molecule has 0 aliphatic carbocycles. The third-order valence-corrected chi connectivity index (χ3v) is 7.68. The monoisotopic (exact) mass is 331 g/mol. The van der Waals surface area contributed by atoms with E-state index in [1.807, 2.05) is 0 Å². The molecule has 0 aromatic carbocycles. The fraction of sp³-hybridized carbons (Fsp3) is 0.643. The second kappa shape index (κ2) is 5.70. The Kier molecular flexibility index (Phi) is 4.46. The SMILES string of the molecule is CCC1(C)CCN(S(=O)(=O)c2cc(C(=O)O)sc2C)CC1. The van der Waals surface area contributed by atoms with E-state index in [-0.39, 0.29) is 15.2 Å². The quantitative estimate of drug-likeness (QED) is 0.920. The number of thiophene rings is 1. The van der Waals surface area contributed by atoms with Crippen molar-refractivity contribution in [3.05, 3.63) is 15.8 Å². The summed E-state index contributed by atoms with van der Waals surface area (Å²) in [6.07, 6.45) is 2.73. The molecule has 1 aromatic rings. The first-order valence-corrected chi connectivity index (χ1v) is 9.29. The first-order chi connectivity index (χ1) is 9.69. The van der Waals surface area contributed by atoms with Gasteiger partial charge in [-0.1, -0.05) is 20.3 Å². The average molecular weight is 331 g/mol. The summed E-state index contributed by atoms with van der Waals surface area (Å²) >= 11 is 1.01. The van der Waals surface area contributed by atoms with E-state index in [2.05, 4.69) is 13.8 Å². The lowest BCUT2D eigenvalue weighted by molar-refractivity contribution is 0.0702. The van der Waals surface area contributed by atoms with E-state index < -0.39 is 16.0 Å². The minimum Gasteiger partial charge on any atom is -0.477 e. The van der Waals surface area contributed by atoms with Gasteiger partial charge in [-0.3, -0.25) is 0 Å². The first kappa shape index (κ1) is 16.5. The summed E-state index contributed by atoms with van der Waals surface area (Å²) in [6.45, 7) is 6.99. The van der Waals surface area contributed by atoms with Gasteiger partial charge in [-0.05, 0) is 31.2 Å². The van der Waals surface area contributed by atoms with Gasteiger partial charge < -0.3 is 5.11 Å². The Hall–Kier alpha value is -0.920. The molecule has 1 aliphatic rings. The van der Waals surface area contributed by atoms with E-state index in [0.717, 1.165) is 30.6 Å². The predicted molar refractivity (Wildman–Crippen MR) is 82.4 cm³/mol. The first-order valence-electron chi connectivity index (χ1n) is 7.03. The Labute approximate surface area is 129 Å². The van der Waals surface area contributed by atoms with E-state index in [0.29, 0.717) is 18.0 Å². The molecule has 5 nitrogen and oxygen atoms in total. The summed E-state index contributed by atoms with van der Waals surface area (Å²) in [7, 11) is -3.58. The van der Waals surface area contributed by atoms with Gasteiger partial charge >= 0.3 is 5.97 Å². The maximum absolute atomic E-state index is 12.7. The Balaban J connectivity index is 2.26. The highest BCUT2D eigenvalue weighted by Gasteiger charge is 2.35. The molecule has 0 atom stereocenters. The Bertz CT molecular complexity index is 640. The number of carbonyl (C=O) groups is 1. The maximum Gasteiger partial charge on any atom is 0.345 e. The zero-order valence-electron chi connectivity index (χ0n) is 12.5. The predicted octanol–water partition coefficient (Wildman–Crippen LogP) is 2.96. The number of piperidine rings is 1. The summed E-state index contributed by atoms with van der Waals surface area (Å²) in [5, 5.41) is 9.00. The minimum atomic E-state index is -3.58. The van der Waals surface area contributed by atoms with Crippen LogP contribution in [0.15, 0.2) is 11.0 Å². The Morgan fingerprint density at radius 1 is 1.43 bits per heavy atom. The molecule has 7 heteroatoms. The van der Waals surface area contributed by atoms with Crippen LogP contribution < -0.4 is 0 Å². The van der Waals surface area contributed by atoms with E-state index in [1.54, 1.807) is 6.92 Å². The Morgan fingerprint density at radius 2 is 2.00 bits per heavy atom. The number of sulfonamides is 1. The molecular formula is C14H21NO4S2. The van der Waals surface area contributed by atoms with Crippen molar-refractivity contribution >= 4 is 27.3 Å². The smallest absolute Gasteiger partial charge is 0.345 e. The highest BCUT2D eigenvalue weighted by molar-refractivity contribution is 7.89. The maximum atomic E-state index is 12.7. The third kappa shape index (κ3) is 3.14. The number of carboxylic acid groups (broad SMARTS) is 1. The molecule has 1 N–H and O–H groups in total. The third-order valence-electron chi connectivity index (χ3n) is 4.48. The fourth-order valence-electron chi connectivity index (χ4n) is 2.59. The molecule has 21 heavy (non-hydrogen) atoms. The van der Waals surface area contributed by atoms with Gasteiger partial charge in [0.2, 0.25) is 10.0 Å². The van der Waals surface area contributed by atoms with Crippen LogP contribution >= 0.6 is 11.3 Å². The molecule has 0 spiro atoms. The van der Waals surface area contributed by atoms with Crippen LogP contribution in [0.4, 0.5) is 0 Å². The van der Waals surface area contributed by atoms with Gasteiger partial charge in [-0.15, -0.1) is 11.3 Å². The minimum absolute atomic E-state index is 0.0708. The lowest BCUT2D eigenvalue weighted by Gasteiger charge is -2.38.